The Labute approximate surface area is 110 Å². The molecule has 2 heterocycles. The highest BCUT2D eigenvalue weighted by molar-refractivity contribution is 7.71. The maximum atomic E-state index is 12.0. The lowest BCUT2D eigenvalue weighted by Gasteiger charge is -2.24. The van der Waals surface area contributed by atoms with E-state index in [1.807, 2.05) is 29.7 Å². The molecular weight excluding hydrogens is 246 g/mol. The molecule has 1 aliphatic rings. The number of amides is 1. The number of fused-ring (bicyclic) bond motifs is 1. The van der Waals surface area contributed by atoms with Crippen molar-refractivity contribution >= 4 is 29.2 Å². The Morgan fingerprint density at radius 2 is 2.28 bits per heavy atom. The molecule has 5 heteroatoms. The summed E-state index contributed by atoms with van der Waals surface area (Å²) >= 11 is 5.37. The molecule has 0 spiro atoms. The van der Waals surface area contributed by atoms with Crippen molar-refractivity contribution in [2.24, 2.45) is 0 Å². The monoisotopic (exact) mass is 261 g/mol. The number of nitrogens with zero attached hydrogens (tertiary/aromatic N) is 1. The average Bonchev–Trinajstić information content (AvgIpc) is 2.68. The Hall–Kier alpha value is -1.62. The first-order chi connectivity index (χ1) is 8.68. The second kappa shape index (κ2) is 4.24. The molecule has 1 amide bonds. The van der Waals surface area contributed by atoms with Crippen LogP contribution in [0.25, 0.3) is 11.0 Å². The van der Waals surface area contributed by atoms with Crippen LogP contribution >= 0.6 is 12.2 Å². The molecule has 1 atom stereocenters. The summed E-state index contributed by atoms with van der Waals surface area (Å²) in [5.41, 5.74) is 3.18. The molecule has 4 nitrogen and oxygen atoms in total. The van der Waals surface area contributed by atoms with Crippen LogP contribution in [-0.2, 0) is 4.79 Å². The van der Waals surface area contributed by atoms with Crippen molar-refractivity contribution in [1.82, 2.24) is 14.9 Å². The number of imidazole rings is 1. The van der Waals surface area contributed by atoms with Gasteiger partial charge in [-0.15, -0.1) is 0 Å². The van der Waals surface area contributed by atoms with E-state index in [9.17, 15) is 4.79 Å². The fourth-order valence-corrected chi connectivity index (χ4v) is 2.98. The van der Waals surface area contributed by atoms with Crippen molar-refractivity contribution in [1.29, 1.82) is 0 Å². The molecule has 1 saturated heterocycles. The number of rotatable bonds is 1. The molecule has 1 aliphatic heterocycles. The first kappa shape index (κ1) is 11.5. The Morgan fingerprint density at radius 3 is 3.06 bits per heavy atom. The summed E-state index contributed by atoms with van der Waals surface area (Å²) in [5, 5.41) is 2.91. The van der Waals surface area contributed by atoms with Crippen molar-refractivity contribution in [3.63, 3.8) is 0 Å². The molecule has 2 aromatic rings. The summed E-state index contributed by atoms with van der Waals surface area (Å²) in [6.07, 6.45) is 1.85. The van der Waals surface area contributed by atoms with Gasteiger partial charge >= 0.3 is 0 Å². The summed E-state index contributed by atoms with van der Waals surface area (Å²) in [5.74, 6) is 0.0708. The van der Waals surface area contributed by atoms with Crippen molar-refractivity contribution in [3.8, 4) is 0 Å². The third kappa shape index (κ3) is 1.66. The second-order valence-electron chi connectivity index (χ2n) is 4.72. The second-order valence-corrected chi connectivity index (χ2v) is 5.11. The molecular formula is C13H15N3OS. The zero-order valence-electron chi connectivity index (χ0n) is 10.2. The molecule has 94 valence electrons. The Morgan fingerprint density at radius 1 is 1.44 bits per heavy atom. The van der Waals surface area contributed by atoms with Gasteiger partial charge in [0.15, 0.2) is 4.77 Å². The Balaban J connectivity index is 2.25. The number of hydrogen-bond donors (Lipinski definition) is 2. The molecule has 18 heavy (non-hydrogen) atoms. The van der Waals surface area contributed by atoms with Crippen molar-refractivity contribution < 1.29 is 4.79 Å². The van der Waals surface area contributed by atoms with E-state index >= 15 is 0 Å². The van der Waals surface area contributed by atoms with Crippen LogP contribution < -0.4 is 5.32 Å². The Bertz CT molecular complexity index is 670. The maximum absolute atomic E-state index is 12.0. The zero-order chi connectivity index (χ0) is 12.7. The van der Waals surface area contributed by atoms with Gasteiger partial charge in [0, 0.05) is 6.54 Å². The van der Waals surface area contributed by atoms with Crippen LogP contribution in [0.2, 0.25) is 0 Å². The van der Waals surface area contributed by atoms with Crippen molar-refractivity contribution in [3.05, 3.63) is 28.5 Å². The molecule has 3 rings (SSSR count). The van der Waals surface area contributed by atoms with Gasteiger partial charge < -0.3 is 14.9 Å². The molecule has 0 aliphatic carbocycles. The first-order valence-corrected chi connectivity index (χ1v) is 6.57. The molecule has 1 fully saturated rings. The summed E-state index contributed by atoms with van der Waals surface area (Å²) < 4.78 is 2.59. The van der Waals surface area contributed by atoms with Crippen LogP contribution in [0.5, 0.6) is 0 Å². The van der Waals surface area contributed by atoms with E-state index in [1.165, 1.54) is 0 Å². The van der Waals surface area contributed by atoms with Crippen LogP contribution in [0.1, 0.15) is 24.4 Å². The van der Waals surface area contributed by atoms with Gasteiger partial charge in [-0.1, -0.05) is 12.1 Å². The number of aromatic nitrogens is 2. The number of carbonyl (C=O) groups excluding carboxylic acids is 1. The fourth-order valence-electron chi connectivity index (χ4n) is 2.66. The summed E-state index contributed by atoms with van der Waals surface area (Å²) in [7, 11) is 0. The van der Waals surface area contributed by atoms with Gasteiger partial charge in [0.05, 0.1) is 11.0 Å². The lowest BCUT2D eigenvalue weighted by Crippen LogP contribution is -2.37. The standard InChI is InChI=1S/C13H15N3OS/c1-8-4-2-5-9-11(8)16(13(18)15-9)10-6-3-7-14-12(10)17/h2,4-5,10H,3,6-7H2,1H3,(H,14,17)(H,15,18). The van der Waals surface area contributed by atoms with Gasteiger partial charge in [0.2, 0.25) is 5.91 Å². The molecule has 1 aromatic heterocycles. The number of piperidine rings is 1. The van der Waals surface area contributed by atoms with E-state index in [2.05, 4.69) is 10.3 Å². The number of aryl methyl sites for hydroxylation is 1. The summed E-state index contributed by atoms with van der Waals surface area (Å²) in [6.45, 7) is 2.81. The lowest BCUT2D eigenvalue weighted by atomic mass is 10.1. The number of para-hydroxylation sites is 1. The Kier molecular flexibility index (Phi) is 2.70. The van der Waals surface area contributed by atoms with E-state index < -0.39 is 0 Å². The minimum atomic E-state index is -0.180. The van der Waals surface area contributed by atoms with Gasteiger partial charge in [0.1, 0.15) is 6.04 Å². The largest absolute Gasteiger partial charge is 0.354 e. The van der Waals surface area contributed by atoms with Gasteiger partial charge in [0.25, 0.3) is 0 Å². The fraction of sp³-hybridized carbons (Fsp3) is 0.385. The maximum Gasteiger partial charge on any atom is 0.243 e. The number of H-pyrrole nitrogens is 1. The number of nitrogens with one attached hydrogen (secondary N) is 2. The number of aromatic amines is 1. The van der Waals surface area contributed by atoms with Gasteiger partial charge in [-0.2, -0.15) is 0 Å². The predicted molar refractivity (Wildman–Crippen MR) is 73.1 cm³/mol. The number of carbonyl (C=O) groups is 1. The average molecular weight is 261 g/mol. The number of benzene rings is 1. The molecule has 1 unspecified atom stereocenters. The third-order valence-electron chi connectivity index (χ3n) is 3.51. The number of hydrogen-bond acceptors (Lipinski definition) is 2. The van der Waals surface area contributed by atoms with Crippen molar-refractivity contribution in [2.45, 2.75) is 25.8 Å². The molecule has 2 N–H and O–H groups in total. The van der Waals surface area contributed by atoms with Gasteiger partial charge in [-0.25, -0.2) is 0 Å². The normalized spacial score (nSPS) is 20.1. The minimum Gasteiger partial charge on any atom is -0.354 e. The van der Waals surface area contributed by atoms with E-state index in [0.29, 0.717) is 4.77 Å². The smallest absolute Gasteiger partial charge is 0.243 e. The predicted octanol–water partition coefficient (Wildman–Crippen LogP) is 2.46. The van der Waals surface area contributed by atoms with E-state index in [4.69, 9.17) is 12.2 Å². The zero-order valence-corrected chi connectivity index (χ0v) is 11.0. The lowest BCUT2D eigenvalue weighted by molar-refractivity contribution is -0.125. The SMILES string of the molecule is Cc1cccc2[nH]c(=S)n(C3CCCNC3=O)c12. The molecule has 0 saturated carbocycles. The van der Waals surface area contributed by atoms with E-state index in [1.54, 1.807) is 0 Å². The van der Waals surface area contributed by atoms with Gasteiger partial charge in [-0.3, -0.25) is 4.79 Å². The summed E-state index contributed by atoms with van der Waals surface area (Å²) in [6, 6.07) is 5.85. The van der Waals surface area contributed by atoms with Crippen LogP contribution in [0, 0.1) is 11.7 Å². The highest BCUT2D eigenvalue weighted by atomic mass is 32.1. The minimum absolute atomic E-state index is 0.0708. The van der Waals surface area contributed by atoms with Crippen LogP contribution in [0.15, 0.2) is 18.2 Å². The van der Waals surface area contributed by atoms with E-state index in [0.717, 1.165) is 36.0 Å². The molecule has 0 bridgehead atoms. The third-order valence-corrected chi connectivity index (χ3v) is 3.81. The van der Waals surface area contributed by atoms with Crippen LogP contribution in [0.3, 0.4) is 0 Å². The topological polar surface area (TPSA) is 49.8 Å². The van der Waals surface area contributed by atoms with Crippen LogP contribution in [0.4, 0.5) is 0 Å². The van der Waals surface area contributed by atoms with Crippen molar-refractivity contribution in [2.75, 3.05) is 6.54 Å². The quantitative estimate of drug-likeness (QED) is 0.775. The summed E-state index contributed by atoms with van der Waals surface area (Å²) in [4.78, 5) is 15.2. The molecule has 0 radical (unpaired) electrons. The highest BCUT2D eigenvalue weighted by Gasteiger charge is 2.26. The molecule has 1 aromatic carbocycles. The first-order valence-electron chi connectivity index (χ1n) is 6.16. The highest BCUT2D eigenvalue weighted by Crippen LogP contribution is 2.26. The van der Waals surface area contributed by atoms with Gasteiger partial charge in [-0.05, 0) is 43.6 Å². The van der Waals surface area contributed by atoms with Crippen LogP contribution in [-0.4, -0.2) is 22.0 Å². The van der Waals surface area contributed by atoms with E-state index in [-0.39, 0.29) is 11.9 Å².